The number of aryl methyl sites for hydroxylation is 1. The van der Waals surface area contributed by atoms with E-state index in [1.807, 2.05) is 31.2 Å². The van der Waals surface area contributed by atoms with E-state index >= 15 is 0 Å². The summed E-state index contributed by atoms with van der Waals surface area (Å²) in [7, 11) is 1.64. The molecule has 0 saturated carbocycles. The molecule has 0 spiro atoms. The second-order valence-electron chi connectivity index (χ2n) is 5.17. The Bertz CT molecular complexity index is 450. The molecule has 1 aromatic carbocycles. The lowest BCUT2D eigenvalue weighted by Crippen LogP contribution is -2.44. The Morgan fingerprint density at radius 3 is 2.67 bits per heavy atom. The Balaban J connectivity index is 2.73. The summed E-state index contributed by atoms with van der Waals surface area (Å²) in [5, 5.41) is 9.65. The topological polar surface area (TPSA) is 81.8 Å². The highest BCUT2D eigenvalue weighted by Gasteiger charge is 2.38. The second kappa shape index (κ2) is 8.77. The van der Waals surface area contributed by atoms with E-state index in [0.717, 1.165) is 17.5 Å². The van der Waals surface area contributed by atoms with Gasteiger partial charge in [0.25, 0.3) is 0 Å². The van der Waals surface area contributed by atoms with Crippen LogP contribution in [0.15, 0.2) is 24.3 Å². The molecular weight excluding hydrogens is 270 g/mol. The fourth-order valence-corrected chi connectivity index (χ4v) is 2.28. The van der Waals surface area contributed by atoms with Crippen LogP contribution in [0.25, 0.3) is 0 Å². The second-order valence-corrected chi connectivity index (χ2v) is 5.17. The lowest BCUT2D eigenvalue weighted by atomic mass is 9.77. The van der Waals surface area contributed by atoms with Crippen LogP contribution in [0.4, 0.5) is 0 Å². The number of carboxylic acids is 1. The Morgan fingerprint density at radius 1 is 1.33 bits per heavy atom. The molecule has 0 aliphatic heterocycles. The highest BCUT2D eigenvalue weighted by atomic mass is 16.5. The molecule has 0 bridgehead atoms. The fourth-order valence-electron chi connectivity index (χ4n) is 2.28. The van der Waals surface area contributed by atoms with Crippen molar-refractivity contribution < 1.29 is 19.4 Å². The first-order chi connectivity index (χ1) is 10.1. The zero-order chi connectivity index (χ0) is 15.7. The van der Waals surface area contributed by atoms with E-state index in [1.54, 1.807) is 7.11 Å². The van der Waals surface area contributed by atoms with Crippen LogP contribution in [0, 0.1) is 6.92 Å². The molecule has 0 radical (unpaired) electrons. The molecule has 21 heavy (non-hydrogen) atoms. The molecule has 0 aliphatic rings. The Kier molecular flexibility index (Phi) is 7.36. The number of hydrogen-bond donors (Lipinski definition) is 2. The van der Waals surface area contributed by atoms with Gasteiger partial charge in [-0.25, -0.2) is 0 Å². The van der Waals surface area contributed by atoms with E-state index in [0.29, 0.717) is 26.2 Å². The quantitative estimate of drug-likeness (QED) is 0.642. The van der Waals surface area contributed by atoms with Crippen molar-refractivity contribution >= 4 is 5.97 Å². The molecule has 0 fully saturated rings. The Hall–Kier alpha value is -1.43. The first-order valence-corrected chi connectivity index (χ1v) is 7.14. The summed E-state index contributed by atoms with van der Waals surface area (Å²) in [6.07, 6.45) is 1.15. The number of benzene rings is 1. The van der Waals surface area contributed by atoms with E-state index in [1.165, 1.54) is 0 Å². The predicted octanol–water partition coefficient (Wildman–Crippen LogP) is 1.72. The molecule has 0 saturated heterocycles. The van der Waals surface area contributed by atoms with Gasteiger partial charge in [0, 0.05) is 33.5 Å². The summed E-state index contributed by atoms with van der Waals surface area (Å²) in [4.78, 5) is 11.8. The lowest BCUT2D eigenvalue weighted by molar-refractivity contribution is -0.144. The summed E-state index contributed by atoms with van der Waals surface area (Å²) in [6, 6.07) is 7.50. The maximum Gasteiger partial charge on any atom is 0.315 e. The molecular formula is C16H25NO4. The zero-order valence-corrected chi connectivity index (χ0v) is 12.8. The minimum Gasteiger partial charge on any atom is -0.481 e. The number of aliphatic carboxylic acids is 1. The highest BCUT2D eigenvalue weighted by molar-refractivity contribution is 5.81. The van der Waals surface area contributed by atoms with Gasteiger partial charge in [-0.1, -0.05) is 29.8 Å². The lowest BCUT2D eigenvalue weighted by Gasteiger charge is -2.28. The maximum absolute atomic E-state index is 11.8. The number of hydrogen-bond acceptors (Lipinski definition) is 4. The average molecular weight is 295 g/mol. The van der Waals surface area contributed by atoms with Gasteiger partial charge in [0.05, 0.1) is 0 Å². The summed E-state index contributed by atoms with van der Waals surface area (Å²) in [6.45, 7) is 3.54. The van der Waals surface area contributed by atoms with Crippen molar-refractivity contribution in [2.24, 2.45) is 5.73 Å². The van der Waals surface area contributed by atoms with Crippen molar-refractivity contribution in [1.29, 1.82) is 0 Å². The van der Waals surface area contributed by atoms with Crippen molar-refractivity contribution in [3.63, 3.8) is 0 Å². The van der Waals surface area contributed by atoms with Crippen LogP contribution in [0.3, 0.4) is 0 Å². The molecule has 1 unspecified atom stereocenters. The Morgan fingerprint density at radius 2 is 2.10 bits per heavy atom. The van der Waals surface area contributed by atoms with Crippen molar-refractivity contribution in [1.82, 2.24) is 0 Å². The predicted molar refractivity (Wildman–Crippen MR) is 81.5 cm³/mol. The van der Waals surface area contributed by atoms with Gasteiger partial charge in [-0.05, 0) is 25.3 Å². The van der Waals surface area contributed by atoms with Crippen molar-refractivity contribution in [2.75, 3.05) is 33.5 Å². The van der Waals surface area contributed by atoms with Crippen molar-refractivity contribution in [3.05, 3.63) is 35.4 Å². The first-order valence-electron chi connectivity index (χ1n) is 7.14. The van der Waals surface area contributed by atoms with Crippen molar-refractivity contribution in [2.45, 2.75) is 25.2 Å². The Labute approximate surface area is 126 Å². The van der Waals surface area contributed by atoms with Gasteiger partial charge in [-0.2, -0.15) is 0 Å². The van der Waals surface area contributed by atoms with Gasteiger partial charge in [0.2, 0.25) is 0 Å². The molecule has 1 aromatic rings. The average Bonchev–Trinajstić information content (AvgIpc) is 2.46. The minimum absolute atomic E-state index is 0.0488. The molecule has 0 heterocycles. The molecule has 1 rings (SSSR count). The van der Waals surface area contributed by atoms with E-state index in [4.69, 9.17) is 15.2 Å². The molecule has 5 heteroatoms. The molecule has 118 valence electrons. The number of carbonyl (C=O) groups is 1. The monoisotopic (exact) mass is 295 g/mol. The largest absolute Gasteiger partial charge is 0.481 e. The van der Waals surface area contributed by atoms with Gasteiger partial charge >= 0.3 is 5.97 Å². The van der Waals surface area contributed by atoms with Gasteiger partial charge in [0.15, 0.2) is 0 Å². The fraction of sp³-hybridized carbons (Fsp3) is 0.562. The SMILES string of the molecule is COCCCOCCC(CN)(C(=O)O)c1cccc(C)c1. The minimum atomic E-state index is -1.09. The van der Waals surface area contributed by atoms with Crippen LogP contribution in [-0.4, -0.2) is 44.6 Å². The van der Waals surface area contributed by atoms with Gasteiger partial charge in [0.1, 0.15) is 5.41 Å². The summed E-state index contributed by atoms with van der Waals surface area (Å²) in [5.41, 5.74) is 6.46. The molecule has 5 nitrogen and oxygen atoms in total. The van der Waals surface area contributed by atoms with Crippen LogP contribution in [0.1, 0.15) is 24.0 Å². The highest BCUT2D eigenvalue weighted by Crippen LogP contribution is 2.28. The third-order valence-electron chi connectivity index (χ3n) is 3.64. The van der Waals surface area contributed by atoms with Crippen LogP contribution in [0.2, 0.25) is 0 Å². The standard InChI is InChI=1S/C16H25NO4/c1-13-5-3-6-14(11-13)16(12-17,15(18)19)7-10-21-9-4-8-20-2/h3,5-6,11H,4,7-10,12,17H2,1-2H3,(H,18,19). The van der Waals surface area contributed by atoms with Gasteiger partial charge in [-0.3, -0.25) is 4.79 Å². The summed E-state index contributed by atoms with van der Waals surface area (Å²) in [5.74, 6) is -0.906. The van der Waals surface area contributed by atoms with Crippen LogP contribution < -0.4 is 5.73 Å². The van der Waals surface area contributed by atoms with Crippen LogP contribution in [0.5, 0.6) is 0 Å². The van der Waals surface area contributed by atoms with Gasteiger partial charge < -0.3 is 20.3 Å². The normalized spacial score (nSPS) is 13.9. The maximum atomic E-state index is 11.8. The molecule has 1 atom stereocenters. The number of rotatable bonds is 10. The van der Waals surface area contributed by atoms with Crippen molar-refractivity contribution in [3.8, 4) is 0 Å². The first kappa shape index (κ1) is 17.6. The third kappa shape index (κ3) is 4.81. The molecule has 0 amide bonds. The van der Waals surface area contributed by atoms with Gasteiger partial charge in [-0.15, -0.1) is 0 Å². The summed E-state index contributed by atoms with van der Waals surface area (Å²) >= 11 is 0. The number of nitrogens with two attached hydrogens (primary N) is 1. The zero-order valence-electron chi connectivity index (χ0n) is 12.8. The van der Waals surface area contributed by atoms with E-state index in [9.17, 15) is 9.90 Å². The smallest absolute Gasteiger partial charge is 0.315 e. The van der Waals surface area contributed by atoms with E-state index in [2.05, 4.69) is 0 Å². The van der Waals surface area contributed by atoms with Crippen LogP contribution in [-0.2, 0) is 19.7 Å². The van der Waals surface area contributed by atoms with E-state index in [-0.39, 0.29) is 6.54 Å². The molecule has 0 aliphatic carbocycles. The number of carboxylic acid groups (broad SMARTS) is 1. The van der Waals surface area contributed by atoms with E-state index < -0.39 is 11.4 Å². The molecule has 3 N–H and O–H groups in total. The number of ether oxygens (including phenoxy) is 2. The number of methoxy groups -OCH3 is 1. The van der Waals surface area contributed by atoms with Crippen LogP contribution >= 0.6 is 0 Å². The molecule has 0 aromatic heterocycles. The summed E-state index contributed by atoms with van der Waals surface area (Å²) < 4.78 is 10.4. The third-order valence-corrected chi connectivity index (χ3v) is 3.64.